The first-order valence-electron chi connectivity index (χ1n) is 8.16. The number of carbonyl (C=O) groups is 2. The van der Waals surface area contributed by atoms with E-state index < -0.39 is 5.97 Å². The van der Waals surface area contributed by atoms with Gasteiger partial charge in [0.25, 0.3) is 11.8 Å². The molecular formula is C18H16ClN3O4S. The minimum Gasteiger partial charge on any atom is -0.456 e. The summed E-state index contributed by atoms with van der Waals surface area (Å²) in [5, 5.41) is 10.8. The maximum absolute atomic E-state index is 11.8. The Morgan fingerprint density at radius 2 is 2.04 bits per heavy atom. The van der Waals surface area contributed by atoms with Gasteiger partial charge in [0, 0.05) is 34.5 Å². The lowest BCUT2D eigenvalue weighted by atomic mass is 10.2. The first kappa shape index (κ1) is 19.1. The molecule has 0 fully saturated rings. The molecule has 1 N–H and O–H groups in total. The van der Waals surface area contributed by atoms with E-state index >= 15 is 0 Å². The predicted octanol–water partition coefficient (Wildman–Crippen LogP) is 3.70. The molecule has 1 amide bonds. The molecule has 2 heterocycles. The smallest absolute Gasteiger partial charge is 0.306 e. The third-order valence-electron chi connectivity index (χ3n) is 3.55. The van der Waals surface area contributed by atoms with Crippen molar-refractivity contribution in [1.82, 2.24) is 15.5 Å². The molecule has 0 unspecified atom stereocenters. The van der Waals surface area contributed by atoms with Crippen molar-refractivity contribution < 1.29 is 18.8 Å². The van der Waals surface area contributed by atoms with Gasteiger partial charge in [0.15, 0.2) is 6.61 Å². The Hall–Kier alpha value is -2.71. The Balaban J connectivity index is 1.37. The number of benzene rings is 1. The Morgan fingerprint density at radius 1 is 1.22 bits per heavy atom. The average Bonchev–Trinajstić information content (AvgIpc) is 3.36. The summed E-state index contributed by atoms with van der Waals surface area (Å²) < 4.78 is 10.2. The van der Waals surface area contributed by atoms with Crippen LogP contribution in [0.2, 0.25) is 5.02 Å². The molecule has 0 radical (unpaired) electrons. The van der Waals surface area contributed by atoms with Crippen molar-refractivity contribution in [3.8, 4) is 11.4 Å². The summed E-state index contributed by atoms with van der Waals surface area (Å²) in [5.74, 6) is 0.0594. The van der Waals surface area contributed by atoms with E-state index in [9.17, 15) is 9.59 Å². The molecule has 0 bridgehead atoms. The van der Waals surface area contributed by atoms with E-state index in [2.05, 4.69) is 15.5 Å². The fourth-order valence-corrected chi connectivity index (χ4v) is 2.94. The van der Waals surface area contributed by atoms with Crippen LogP contribution in [0, 0.1) is 0 Å². The summed E-state index contributed by atoms with van der Waals surface area (Å²) in [6.07, 6.45) is 0.663. The molecule has 3 aromatic rings. The highest BCUT2D eigenvalue weighted by atomic mass is 35.5. The number of ether oxygens (including phenoxy) is 1. The molecule has 140 valence electrons. The van der Waals surface area contributed by atoms with E-state index in [1.165, 1.54) is 11.3 Å². The molecule has 1 aromatic carbocycles. The fraction of sp³-hybridized carbons (Fsp3) is 0.222. The van der Waals surface area contributed by atoms with Gasteiger partial charge in [0.2, 0.25) is 5.82 Å². The third kappa shape index (κ3) is 5.63. The van der Waals surface area contributed by atoms with Crippen molar-refractivity contribution in [1.29, 1.82) is 0 Å². The molecule has 3 rings (SSSR count). The molecule has 0 aliphatic rings. The number of carbonyl (C=O) groups excluding carboxylic acids is 2. The lowest BCUT2D eigenvalue weighted by Crippen LogP contribution is -2.24. The number of halogens is 1. The molecular weight excluding hydrogens is 390 g/mol. The van der Waals surface area contributed by atoms with Crippen molar-refractivity contribution in [2.45, 2.75) is 19.4 Å². The Morgan fingerprint density at radius 3 is 2.78 bits per heavy atom. The Labute approximate surface area is 164 Å². The van der Waals surface area contributed by atoms with E-state index in [4.69, 9.17) is 20.9 Å². The second-order valence-electron chi connectivity index (χ2n) is 5.55. The van der Waals surface area contributed by atoms with Gasteiger partial charge in [0.1, 0.15) is 0 Å². The van der Waals surface area contributed by atoms with E-state index in [1.54, 1.807) is 35.7 Å². The summed E-state index contributed by atoms with van der Waals surface area (Å²) in [7, 11) is 0. The van der Waals surface area contributed by atoms with Gasteiger partial charge >= 0.3 is 5.97 Å². The van der Waals surface area contributed by atoms with Crippen LogP contribution < -0.4 is 5.32 Å². The van der Waals surface area contributed by atoms with Crippen molar-refractivity contribution in [3.05, 3.63) is 57.6 Å². The summed E-state index contributed by atoms with van der Waals surface area (Å²) in [4.78, 5) is 27.7. The SMILES string of the molecule is O=C(CCCNC(=O)c1ccsc1)OCc1nc(-c2ccc(Cl)cc2)no1. The molecule has 7 nitrogen and oxygen atoms in total. The van der Waals surface area contributed by atoms with Crippen LogP contribution in [-0.4, -0.2) is 28.6 Å². The van der Waals surface area contributed by atoms with Crippen LogP contribution in [0.3, 0.4) is 0 Å². The Bertz CT molecular complexity index is 894. The topological polar surface area (TPSA) is 94.3 Å². The second kappa shape index (κ2) is 9.29. The van der Waals surface area contributed by atoms with Gasteiger partial charge in [-0.1, -0.05) is 16.8 Å². The van der Waals surface area contributed by atoms with E-state index in [0.717, 1.165) is 5.56 Å². The van der Waals surface area contributed by atoms with E-state index in [-0.39, 0.29) is 24.8 Å². The standard InChI is InChI=1S/C18H16ClN3O4S/c19-14-5-3-12(4-6-14)17-21-15(26-22-17)10-25-16(23)2-1-8-20-18(24)13-7-9-27-11-13/h3-7,9,11H,1-2,8,10H2,(H,20,24). The largest absolute Gasteiger partial charge is 0.456 e. The quantitative estimate of drug-likeness (QED) is 0.453. The fourth-order valence-electron chi connectivity index (χ4n) is 2.17. The maximum Gasteiger partial charge on any atom is 0.306 e. The second-order valence-corrected chi connectivity index (χ2v) is 6.77. The first-order chi connectivity index (χ1) is 13.1. The van der Waals surface area contributed by atoms with Gasteiger partial charge in [-0.05, 0) is 42.1 Å². The third-order valence-corrected chi connectivity index (χ3v) is 4.49. The van der Waals surface area contributed by atoms with Gasteiger partial charge < -0.3 is 14.6 Å². The van der Waals surface area contributed by atoms with Crippen LogP contribution in [0.5, 0.6) is 0 Å². The highest BCUT2D eigenvalue weighted by molar-refractivity contribution is 7.08. The average molecular weight is 406 g/mol. The van der Waals surface area contributed by atoms with Crippen molar-refractivity contribution in [2.24, 2.45) is 0 Å². The van der Waals surface area contributed by atoms with Crippen LogP contribution >= 0.6 is 22.9 Å². The molecule has 2 aromatic heterocycles. The van der Waals surface area contributed by atoms with Crippen molar-refractivity contribution in [2.75, 3.05) is 6.54 Å². The molecule has 0 spiro atoms. The highest BCUT2D eigenvalue weighted by Crippen LogP contribution is 2.18. The highest BCUT2D eigenvalue weighted by Gasteiger charge is 2.11. The van der Waals surface area contributed by atoms with Crippen LogP contribution in [-0.2, 0) is 16.1 Å². The molecule has 0 saturated carbocycles. The lowest BCUT2D eigenvalue weighted by Gasteiger charge is -2.04. The summed E-state index contributed by atoms with van der Waals surface area (Å²) >= 11 is 7.30. The summed E-state index contributed by atoms with van der Waals surface area (Å²) in [6.45, 7) is 0.297. The number of hydrogen-bond donors (Lipinski definition) is 1. The minimum atomic E-state index is -0.397. The molecule has 27 heavy (non-hydrogen) atoms. The molecule has 0 saturated heterocycles. The number of rotatable bonds is 8. The van der Waals surface area contributed by atoms with Gasteiger partial charge in [-0.25, -0.2) is 0 Å². The minimum absolute atomic E-state index is 0.0965. The molecule has 0 atom stereocenters. The Kier molecular flexibility index (Phi) is 6.56. The zero-order valence-electron chi connectivity index (χ0n) is 14.2. The molecule has 0 aliphatic carbocycles. The van der Waals surface area contributed by atoms with Gasteiger partial charge in [-0.15, -0.1) is 0 Å². The van der Waals surface area contributed by atoms with Crippen molar-refractivity contribution in [3.63, 3.8) is 0 Å². The van der Waals surface area contributed by atoms with E-state index in [0.29, 0.717) is 29.4 Å². The first-order valence-corrected chi connectivity index (χ1v) is 9.48. The van der Waals surface area contributed by atoms with Crippen LogP contribution in [0.15, 0.2) is 45.6 Å². The number of amides is 1. The van der Waals surface area contributed by atoms with E-state index in [1.807, 2.05) is 5.38 Å². The van der Waals surface area contributed by atoms with Crippen LogP contribution in [0.25, 0.3) is 11.4 Å². The van der Waals surface area contributed by atoms with Crippen LogP contribution in [0.4, 0.5) is 0 Å². The molecule has 9 heteroatoms. The van der Waals surface area contributed by atoms with Gasteiger partial charge in [0.05, 0.1) is 0 Å². The van der Waals surface area contributed by atoms with Gasteiger partial charge in [-0.2, -0.15) is 16.3 Å². The monoisotopic (exact) mass is 405 g/mol. The summed E-state index contributed by atoms with van der Waals surface area (Å²) in [5.41, 5.74) is 1.37. The van der Waals surface area contributed by atoms with Gasteiger partial charge in [-0.3, -0.25) is 9.59 Å². The number of esters is 1. The number of thiophene rings is 1. The van der Waals surface area contributed by atoms with Crippen molar-refractivity contribution >= 4 is 34.8 Å². The lowest BCUT2D eigenvalue weighted by molar-refractivity contribution is -0.145. The number of nitrogens with zero attached hydrogens (tertiary/aromatic N) is 2. The summed E-state index contributed by atoms with van der Waals surface area (Å²) in [6, 6.07) is 8.74. The molecule has 0 aliphatic heterocycles. The normalized spacial score (nSPS) is 10.6. The number of aromatic nitrogens is 2. The zero-order valence-corrected chi connectivity index (χ0v) is 15.8. The number of nitrogens with one attached hydrogen (secondary N) is 1. The predicted molar refractivity (Wildman–Crippen MR) is 100 cm³/mol. The number of hydrogen-bond acceptors (Lipinski definition) is 7. The van der Waals surface area contributed by atoms with Crippen LogP contribution in [0.1, 0.15) is 29.1 Å². The zero-order chi connectivity index (χ0) is 19.1. The maximum atomic E-state index is 11.8.